The fraction of sp³-hybridized carbons (Fsp3) is 0.0364. The topological polar surface area (TPSA) is 15.6 Å². The fourth-order valence-corrected chi connectivity index (χ4v) is 9.60. The third-order valence-electron chi connectivity index (χ3n) is 12.3. The van der Waals surface area contributed by atoms with Crippen molar-refractivity contribution < 1.29 is 0 Å². The molecule has 0 fully saturated rings. The minimum Gasteiger partial charge on any atom is -0.310 e. The smallest absolute Gasteiger partial charge is 0.0669 e. The molecule has 0 aromatic heterocycles. The molecule has 2 nitrogen and oxygen atoms in total. The molecule has 1 heterocycles. The molecule has 0 atom stereocenters. The highest BCUT2D eigenvalue weighted by Crippen LogP contribution is 2.48. The van der Waals surface area contributed by atoms with E-state index in [9.17, 15) is 0 Å². The van der Waals surface area contributed by atoms with E-state index in [0.29, 0.717) is 0 Å². The molecule has 1 aliphatic heterocycles. The summed E-state index contributed by atoms with van der Waals surface area (Å²) in [6.45, 7) is 0. The van der Waals surface area contributed by atoms with Crippen LogP contribution in [0, 0.1) is 0 Å². The van der Waals surface area contributed by atoms with Crippen molar-refractivity contribution in [2.45, 2.75) is 12.8 Å². The third-order valence-corrected chi connectivity index (χ3v) is 12.3. The van der Waals surface area contributed by atoms with Gasteiger partial charge >= 0.3 is 0 Å². The van der Waals surface area contributed by atoms with Gasteiger partial charge in [0.05, 0.1) is 17.1 Å². The van der Waals surface area contributed by atoms with E-state index in [-0.39, 0.29) is 0 Å². The van der Waals surface area contributed by atoms with Crippen LogP contribution in [0.2, 0.25) is 0 Å². The zero-order chi connectivity index (χ0) is 37.5. The summed E-state index contributed by atoms with van der Waals surface area (Å²) < 4.78 is 0. The van der Waals surface area contributed by atoms with Crippen molar-refractivity contribution in [3.05, 3.63) is 216 Å². The second kappa shape index (κ2) is 12.6. The minimum absolute atomic E-state index is 0.799. The normalized spacial score (nSPS) is 12.9. The highest BCUT2D eigenvalue weighted by molar-refractivity contribution is 6.26. The number of hydrogen-bond acceptors (Lipinski definition) is 2. The van der Waals surface area contributed by atoms with Gasteiger partial charge in [0.25, 0.3) is 0 Å². The maximum atomic E-state index is 5.35. The Morgan fingerprint density at radius 2 is 0.982 bits per heavy atom. The Bertz CT molecular complexity index is 3250. The molecule has 2 aliphatic rings. The van der Waals surface area contributed by atoms with Crippen LogP contribution < -0.4 is 4.90 Å². The predicted molar refractivity (Wildman–Crippen MR) is 241 cm³/mol. The standard InChI is InChI=1S/C55H36N2/c1-2-12-35(13-3-1)36-22-25-40(26-23-36)57(41-27-29-47-45-19-8-7-17-43(45)44-18-9-10-20-46(44)51(47)33-41)55-34-49-39(30-50-42-16-6-4-14-37(42)24-28-48(49)50)31-52(55)54-32-38-15-5-11-21-53(38)56-54/h1-29,31,33-34H,30,32H2. The molecule has 0 saturated heterocycles. The van der Waals surface area contributed by atoms with Gasteiger partial charge in [0.1, 0.15) is 0 Å². The molecule has 10 aromatic rings. The highest BCUT2D eigenvalue weighted by Gasteiger charge is 2.29. The molecular weight excluding hydrogens is 689 g/mol. The van der Waals surface area contributed by atoms with Crippen LogP contribution in [0.4, 0.5) is 22.7 Å². The Morgan fingerprint density at radius 3 is 1.74 bits per heavy atom. The molecule has 0 N–H and O–H groups in total. The van der Waals surface area contributed by atoms with Gasteiger partial charge in [-0.25, -0.2) is 0 Å². The quantitative estimate of drug-likeness (QED) is 0.161. The number of fused-ring (bicyclic) bond motifs is 12. The van der Waals surface area contributed by atoms with Gasteiger partial charge in [-0.1, -0.05) is 152 Å². The van der Waals surface area contributed by atoms with E-state index in [1.807, 2.05) is 0 Å². The van der Waals surface area contributed by atoms with E-state index in [1.165, 1.54) is 87.6 Å². The molecular formula is C55H36N2. The summed E-state index contributed by atoms with van der Waals surface area (Å²) in [4.78, 5) is 7.83. The Kier molecular flexibility index (Phi) is 7.09. The molecule has 12 rings (SSSR count). The zero-order valence-corrected chi connectivity index (χ0v) is 31.3. The second-order valence-corrected chi connectivity index (χ2v) is 15.4. The lowest BCUT2D eigenvalue weighted by Gasteiger charge is -2.29. The van der Waals surface area contributed by atoms with Crippen LogP contribution in [-0.4, -0.2) is 5.71 Å². The molecule has 0 saturated carbocycles. The van der Waals surface area contributed by atoms with Crippen molar-refractivity contribution in [3.63, 3.8) is 0 Å². The van der Waals surface area contributed by atoms with Gasteiger partial charge in [-0.3, -0.25) is 4.99 Å². The van der Waals surface area contributed by atoms with Crippen LogP contribution >= 0.6 is 0 Å². The van der Waals surface area contributed by atoms with Crippen molar-refractivity contribution in [1.29, 1.82) is 0 Å². The number of anilines is 3. The van der Waals surface area contributed by atoms with Crippen LogP contribution in [0.5, 0.6) is 0 Å². The summed E-state index contributed by atoms with van der Waals surface area (Å²) in [5, 5.41) is 10.2. The maximum Gasteiger partial charge on any atom is 0.0669 e. The van der Waals surface area contributed by atoms with E-state index in [0.717, 1.165) is 41.3 Å². The molecule has 2 heteroatoms. The molecule has 266 valence electrons. The highest BCUT2D eigenvalue weighted by atomic mass is 15.1. The summed E-state index contributed by atoms with van der Waals surface area (Å²) in [5.41, 5.74) is 15.8. The Labute approximate surface area is 331 Å². The summed E-state index contributed by atoms with van der Waals surface area (Å²) in [5.74, 6) is 0. The van der Waals surface area contributed by atoms with Crippen LogP contribution in [0.25, 0.3) is 65.3 Å². The summed E-state index contributed by atoms with van der Waals surface area (Å²) in [7, 11) is 0. The average molecular weight is 725 g/mol. The number of benzene rings is 10. The molecule has 0 radical (unpaired) electrons. The molecule has 0 amide bonds. The second-order valence-electron chi connectivity index (χ2n) is 15.4. The monoisotopic (exact) mass is 724 g/mol. The van der Waals surface area contributed by atoms with Crippen LogP contribution in [-0.2, 0) is 12.8 Å². The van der Waals surface area contributed by atoms with E-state index >= 15 is 0 Å². The van der Waals surface area contributed by atoms with Gasteiger partial charge in [0.15, 0.2) is 0 Å². The first-order chi connectivity index (χ1) is 28.2. The van der Waals surface area contributed by atoms with Crippen molar-refractivity contribution >= 4 is 71.6 Å². The molecule has 10 aromatic carbocycles. The Balaban J connectivity index is 1.13. The van der Waals surface area contributed by atoms with Gasteiger partial charge < -0.3 is 4.90 Å². The van der Waals surface area contributed by atoms with Crippen LogP contribution in [0.1, 0.15) is 22.3 Å². The largest absolute Gasteiger partial charge is 0.310 e. The number of hydrogen-bond donors (Lipinski definition) is 0. The Hall–Kier alpha value is -7.29. The maximum absolute atomic E-state index is 5.35. The van der Waals surface area contributed by atoms with Crippen molar-refractivity contribution in [2.24, 2.45) is 4.99 Å². The Morgan fingerprint density at radius 1 is 0.368 bits per heavy atom. The van der Waals surface area contributed by atoms with Gasteiger partial charge in [0.2, 0.25) is 0 Å². The molecule has 0 spiro atoms. The van der Waals surface area contributed by atoms with E-state index < -0.39 is 0 Å². The zero-order valence-electron chi connectivity index (χ0n) is 31.3. The molecule has 1 aliphatic carbocycles. The minimum atomic E-state index is 0.799. The summed E-state index contributed by atoms with van der Waals surface area (Å²) >= 11 is 0. The van der Waals surface area contributed by atoms with Crippen molar-refractivity contribution in [2.75, 3.05) is 4.90 Å². The number of para-hydroxylation sites is 1. The summed E-state index contributed by atoms with van der Waals surface area (Å²) in [6.07, 6.45) is 1.70. The lowest BCUT2D eigenvalue weighted by atomic mass is 9.93. The van der Waals surface area contributed by atoms with Gasteiger partial charge in [-0.05, 0) is 131 Å². The summed E-state index contributed by atoms with van der Waals surface area (Å²) in [6, 6.07) is 71.5. The number of aliphatic imine (C=N–C) groups is 1. The van der Waals surface area contributed by atoms with E-state index in [1.54, 1.807) is 0 Å². The molecule has 0 bridgehead atoms. The number of rotatable bonds is 5. The van der Waals surface area contributed by atoms with E-state index in [4.69, 9.17) is 4.99 Å². The van der Waals surface area contributed by atoms with Crippen LogP contribution in [0.3, 0.4) is 0 Å². The van der Waals surface area contributed by atoms with E-state index in [2.05, 4.69) is 199 Å². The first-order valence-corrected chi connectivity index (χ1v) is 19.9. The van der Waals surface area contributed by atoms with Gasteiger partial charge in [0, 0.05) is 23.4 Å². The molecule has 0 unspecified atom stereocenters. The van der Waals surface area contributed by atoms with Crippen molar-refractivity contribution in [3.8, 4) is 22.3 Å². The number of nitrogens with zero attached hydrogens (tertiary/aromatic N) is 2. The predicted octanol–water partition coefficient (Wildman–Crippen LogP) is 14.7. The lowest BCUT2D eigenvalue weighted by Crippen LogP contribution is -2.15. The van der Waals surface area contributed by atoms with Crippen molar-refractivity contribution in [1.82, 2.24) is 0 Å². The van der Waals surface area contributed by atoms with Gasteiger partial charge in [-0.15, -0.1) is 0 Å². The SMILES string of the molecule is c1ccc(-c2ccc(N(c3ccc4c5ccccc5c5ccccc5c4c3)c3cc4c(cc3C3=Nc5ccccc5C3)Cc3c-4ccc4ccccc34)cc2)cc1. The average Bonchev–Trinajstić information content (AvgIpc) is 3.89. The third kappa shape index (κ3) is 5.08. The van der Waals surface area contributed by atoms with Gasteiger partial charge in [-0.2, -0.15) is 0 Å². The lowest BCUT2D eigenvalue weighted by molar-refractivity contribution is 1.24. The fourth-order valence-electron chi connectivity index (χ4n) is 9.60. The van der Waals surface area contributed by atoms with Crippen LogP contribution in [0.15, 0.2) is 199 Å². The molecule has 57 heavy (non-hydrogen) atoms. The first kappa shape index (κ1) is 32.0. The first-order valence-electron chi connectivity index (χ1n) is 19.9.